The first-order valence-electron chi connectivity index (χ1n) is 6.78. The average molecular weight is 354 g/mol. The van der Waals surface area contributed by atoms with Crippen LogP contribution in [-0.4, -0.2) is 11.5 Å². The fraction of sp³-hybridized carbons (Fsp3) is 0.312. The third-order valence-corrected chi connectivity index (χ3v) is 4.03. The SMILES string of the molecule is CCCNC(Cc1ccc(Br)cc1Cl)c1ccncc1. The first-order chi connectivity index (χ1) is 9.70. The van der Waals surface area contributed by atoms with Gasteiger partial charge in [-0.3, -0.25) is 4.98 Å². The Morgan fingerprint density at radius 1 is 1.25 bits per heavy atom. The fourth-order valence-electron chi connectivity index (χ4n) is 2.13. The van der Waals surface area contributed by atoms with Crippen LogP contribution in [0.2, 0.25) is 5.02 Å². The van der Waals surface area contributed by atoms with Crippen LogP contribution in [0.1, 0.15) is 30.5 Å². The lowest BCUT2D eigenvalue weighted by Crippen LogP contribution is -2.24. The van der Waals surface area contributed by atoms with Crippen LogP contribution in [0.4, 0.5) is 0 Å². The normalized spacial score (nSPS) is 12.3. The van der Waals surface area contributed by atoms with Gasteiger partial charge in [-0.05, 0) is 54.8 Å². The summed E-state index contributed by atoms with van der Waals surface area (Å²) in [4.78, 5) is 4.08. The molecule has 0 bridgehead atoms. The second-order valence-corrected chi connectivity index (χ2v) is 6.05. The average Bonchev–Trinajstić information content (AvgIpc) is 2.46. The minimum atomic E-state index is 0.261. The molecule has 1 atom stereocenters. The van der Waals surface area contributed by atoms with Crippen LogP contribution in [0.5, 0.6) is 0 Å². The summed E-state index contributed by atoms with van der Waals surface area (Å²) < 4.78 is 1.01. The van der Waals surface area contributed by atoms with E-state index in [1.165, 1.54) is 5.56 Å². The quantitative estimate of drug-likeness (QED) is 0.808. The maximum atomic E-state index is 6.32. The summed E-state index contributed by atoms with van der Waals surface area (Å²) in [5, 5.41) is 4.38. The summed E-state index contributed by atoms with van der Waals surface area (Å²) in [5.41, 5.74) is 2.40. The molecule has 1 N–H and O–H groups in total. The molecular weight excluding hydrogens is 336 g/mol. The molecule has 0 radical (unpaired) electrons. The third-order valence-electron chi connectivity index (χ3n) is 3.19. The van der Waals surface area contributed by atoms with Crippen molar-refractivity contribution in [3.63, 3.8) is 0 Å². The van der Waals surface area contributed by atoms with Gasteiger partial charge in [-0.15, -0.1) is 0 Å². The third kappa shape index (κ3) is 4.30. The Bertz CT molecular complexity index is 545. The summed E-state index contributed by atoms with van der Waals surface area (Å²) in [6, 6.07) is 10.4. The van der Waals surface area contributed by atoms with Crippen molar-refractivity contribution in [1.82, 2.24) is 10.3 Å². The van der Waals surface area contributed by atoms with Gasteiger partial charge in [0.25, 0.3) is 0 Å². The highest BCUT2D eigenvalue weighted by atomic mass is 79.9. The van der Waals surface area contributed by atoms with Crippen molar-refractivity contribution in [3.05, 3.63) is 63.3 Å². The van der Waals surface area contributed by atoms with Crippen LogP contribution in [0.3, 0.4) is 0 Å². The van der Waals surface area contributed by atoms with Gasteiger partial charge in [0.2, 0.25) is 0 Å². The number of benzene rings is 1. The molecule has 0 spiro atoms. The van der Waals surface area contributed by atoms with E-state index in [0.29, 0.717) is 0 Å². The number of nitrogens with one attached hydrogen (secondary N) is 1. The van der Waals surface area contributed by atoms with Crippen LogP contribution in [0.25, 0.3) is 0 Å². The lowest BCUT2D eigenvalue weighted by molar-refractivity contribution is 0.529. The fourth-order valence-corrected chi connectivity index (χ4v) is 2.88. The Labute approximate surface area is 133 Å². The minimum absolute atomic E-state index is 0.261. The predicted octanol–water partition coefficient (Wildman–Crippen LogP) is 4.78. The van der Waals surface area contributed by atoms with Crippen molar-refractivity contribution >= 4 is 27.5 Å². The zero-order valence-corrected chi connectivity index (χ0v) is 13.8. The van der Waals surface area contributed by atoms with Crippen molar-refractivity contribution in [1.29, 1.82) is 0 Å². The van der Waals surface area contributed by atoms with Gasteiger partial charge in [-0.2, -0.15) is 0 Å². The number of hydrogen-bond acceptors (Lipinski definition) is 2. The number of halogens is 2. The van der Waals surface area contributed by atoms with Crippen LogP contribution >= 0.6 is 27.5 Å². The molecule has 1 aromatic heterocycles. The zero-order chi connectivity index (χ0) is 14.4. The Morgan fingerprint density at radius 2 is 2.00 bits per heavy atom. The van der Waals surface area contributed by atoms with Crippen LogP contribution in [0.15, 0.2) is 47.2 Å². The molecule has 1 heterocycles. The van der Waals surface area contributed by atoms with E-state index in [4.69, 9.17) is 11.6 Å². The highest BCUT2D eigenvalue weighted by molar-refractivity contribution is 9.10. The molecule has 0 aliphatic heterocycles. The standard InChI is InChI=1S/C16H18BrClN2/c1-2-7-20-16(12-5-8-19-9-6-12)10-13-3-4-14(17)11-15(13)18/h3-6,8-9,11,16,20H,2,7,10H2,1H3. The first kappa shape index (κ1) is 15.5. The number of aromatic nitrogens is 1. The molecule has 2 nitrogen and oxygen atoms in total. The van der Waals surface area contributed by atoms with Crippen molar-refractivity contribution in [2.45, 2.75) is 25.8 Å². The Balaban J connectivity index is 2.19. The molecule has 2 rings (SSSR count). The van der Waals surface area contributed by atoms with Gasteiger partial charge >= 0.3 is 0 Å². The van der Waals surface area contributed by atoms with E-state index in [2.05, 4.69) is 51.4 Å². The van der Waals surface area contributed by atoms with Gasteiger partial charge in [-0.1, -0.05) is 40.5 Å². The summed E-state index contributed by atoms with van der Waals surface area (Å²) in [5.74, 6) is 0. The van der Waals surface area contributed by atoms with E-state index < -0.39 is 0 Å². The molecule has 0 fully saturated rings. The molecule has 0 aliphatic carbocycles. The summed E-state index contributed by atoms with van der Waals surface area (Å²) in [6.45, 7) is 3.16. The zero-order valence-electron chi connectivity index (χ0n) is 11.4. The van der Waals surface area contributed by atoms with Crippen molar-refractivity contribution in [2.75, 3.05) is 6.54 Å². The lowest BCUT2D eigenvalue weighted by atomic mass is 9.99. The largest absolute Gasteiger partial charge is 0.310 e. The van der Waals surface area contributed by atoms with Crippen molar-refractivity contribution in [3.8, 4) is 0 Å². The molecular formula is C16H18BrClN2. The van der Waals surface area contributed by atoms with Gasteiger partial charge < -0.3 is 5.32 Å². The predicted molar refractivity (Wildman–Crippen MR) is 88.1 cm³/mol. The Morgan fingerprint density at radius 3 is 2.65 bits per heavy atom. The van der Waals surface area contributed by atoms with Gasteiger partial charge in [0, 0.05) is 27.9 Å². The van der Waals surface area contributed by atoms with Crippen LogP contribution in [-0.2, 0) is 6.42 Å². The van der Waals surface area contributed by atoms with E-state index in [1.807, 2.05) is 24.5 Å². The van der Waals surface area contributed by atoms with Crippen LogP contribution in [0, 0.1) is 0 Å². The van der Waals surface area contributed by atoms with Crippen molar-refractivity contribution < 1.29 is 0 Å². The molecule has 106 valence electrons. The van der Waals surface area contributed by atoms with Crippen molar-refractivity contribution in [2.24, 2.45) is 0 Å². The molecule has 0 saturated heterocycles. The number of hydrogen-bond donors (Lipinski definition) is 1. The number of rotatable bonds is 6. The summed E-state index contributed by atoms with van der Waals surface area (Å²) in [7, 11) is 0. The number of nitrogens with zero attached hydrogens (tertiary/aromatic N) is 1. The molecule has 0 amide bonds. The highest BCUT2D eigenvalue weighted by Crippen LogP contribution is 2.26. The monoisotopic (exact) mass is 352 g/mol. The van der Waals surface area contributed by atoms with Gasteiger partial charge in [0.05, 0.1) is 0 Å². The van der Waals surface area contributed by atoms with Gasteiger partial charge in [0.15, 0.2) is 0 Å². The Hall–Kier alpha value is -0.900. The van der Waals surface area contributed by atoms with E-state index >= 15 is 0 Å². The molecule has 20 heavy (non-hydrogen) atoms. The second kappa shape index (κ2) is 7.77. The molecule has 1 unspecified atom stereocenters. The van der Waals surface area contributed by atoms with E-state index in [9.17, 15) is 0 Å². The lowest BCUT2D eigenvalue weighted by Gasteiger charge is -2.19. The topological polar surface area (TPSA) is 24.9 Å². The van der Waals surface area contributed by atoms with Gasteiger partial charge in [0.1, 0.15) is 0 Å². The summed E-state index contributed by atoms with van der Waals surface area (Å²) in [6.07, 6.45) is 5.64. The van der Waals surface area contributed by atoms with Crippen LogP contribution < -0.4 is 5.32 Å². The molecule has 0 aliphatic rings. The molecule has 2 aromatic rings. The highest BCUT2D eigenvalue weighted by Gasteiger charge is 2.13. The maximum Gasteiger partial charge on any atom is 0.0449 e. The van der Waals surface area contributed by atoms with E-state index in [-0.39, 0.29) is 6.04 Å². The maximum absolute atomic E-state index is 6.32. The molecule has 0 saturated carbocycles. The first-order valence-corrected chi connectivity index (χ1v) is 7.95. The number of pyridine rings is 1. The minimum Gasteiger partial charge on any atom is -0.310 e. The molecule has 1 aromatic carbocycles. The second-order valence-electron chi connectivity index (χ2n) is 4.73. The molecule has 4 heteroatoms. The van der Waals surface area contributed by atoms with E-state index in [0.717, 1.165) is 34.4 Å². The van der Waals surface area contributed by atoms with Gasteiger partial charge in [-0.25, -0.2) is 0 Å². The Kier molecular flexibility index (Phi) is 6.02. The smallest absolute Gasteiger partial charge is 0.0449 e. The van der Waals surface area contributed by atoms with E-state index in [1.54, 1.807) is 0 Å². The summed E-state index contributed by atoms with van der Waals surface area (Å²) >= 11 is 9.77.